The van der Waals surface area contributed by atoms with Gasteiger partial charge in [-0.25, -0.2) is 4.98 Å². The first-order valence-corrected chi connectivity index (χ1v) is 6.07. The molecule has 2 heterocycles. The highest BCUT2D eigenvalue weighted by atomic mass is 35.5. The van der Waals surface area contributed by atoms with Crippen molar-refractivity contribution < 1.29 is 9.53 Å². The topological polar surface area (TPSA) is 51.2 Å². The Hall–Kier alpha value is -1.13. The average molecular weight is 255 g/mol. The third kappa shape index (κ3) is 3.17. The van der Waals surface area contributed by atoms with E-state index in [-0.39, 0.29) is 12.0 Å². The Bertz CT molecular complexity index is 411. The molecule has 1 saturated heterocycles. The summed E-state index contributed by atoms with van der Waals surface area (Å²) < 4.78 is 5.43. The molecule has 1 aromatic heterocycles. The lowest BCUT2D eigenvalue weighted by atomic mass is 10.0. The zero-order chi connectivity index (χ0) is 12.3. The fourth-order valence-corrected chi connectivity index (χ4v) is 2.06. The van der Waals surface area contributed by atoms with Crippen molar-refractivity contribution >= 4 is 17.5 Å². The van der Waals surface area contributed by atoms with Crippen LogP contribution in [0.5, 0.6) is 0 Å². The van der Waals surface area contributed by atoms with E-state index < -0.39 is 0 Å². The number of ether oxygens (including phenoxy) is 1. The van der Waals surface area contributed by atoms with E-state index in [4.69, 9.17) is 16.3 Å². The van der Waals surface area contributed by atoms with E-state index in [1.165, 1.54) is 0 Å². The molecule has 0 aromatic carbocycles. The number of halogens is 1. The molecular weight excluding hydrogens is 240 g/mol. The van der Waals surface area contributed by atoms with E-state index in [9.17, 15) is 4.79 Å². The molecule has 2 unspecified atom stereocenters. The van der Waals surface area contributed by atoms with Crippen molar-refractivity contribution in [3.63, 3.8) is 0 Å². The van der Waals surface area contributed by atoms with Crippen LogP contribution in [0.4, 0.5) is 0 Å². The van der Waals surface area contributed by atoms with Crippen LogP contribution in [0, 0.1) is 5.92 Å². The molecule has 2 atom stereocenters. The Kier molecular flexibility index (Phi) is 3.97. The van der Waals surface area contributed by atoms with Crippen LogP contribution in [-0.4, -0.2) is 30.1 Å². The second-order valence-corrected chi connectivity index (χ2v) is 4.57. The summed E-state index contributed by atoms with van der Waals surface area (Å²) in [6.07, 6.45) is 1.20. The first-order chi connectivity index (χ1) is 8.16. The number of rotatable bonds is 3. The van der Waals surface area contributed by atoms with Gasteiger partial charge in [0.15, 0.2) is 0 Å². The minimum Gasteiger partial charge on any atom is -0.378 e. The maximum absolute atomic E-state index is 11.8. The summed E-state index contributed by atoms with van der Waals surface area (Å²) in [4.78, 5) is 15.7. The first-order valence-electron chi connectivity index (χ1n) is 5.69. The largest absolute Gasteiger partial charge is 0.378 e. The van der Waals surface area contributed by atoms with Crippen LogP contribution >= 0.6 is 11.6 Å². The molecule has 1 aliphatic rings. The second kappa shape index (κ2) is 5.47. The van der Waals surface area contributed by atoms with Crippen LogP contribution in [0.1, 0.15) is 23.8 Å². The SMILES string of the molecule is CC1OCCC1CNC(=O)c1cccc(Cl)n1. The third-order valence-electron chi connectivity index (χ3n) is 3.01. The monoisotopic (exact) mass is 254 g/mol. The van der Waals surface area contributed by atoms with Gasteiger partial charge in [0.2, 0.25) is 0 Å². The summed E-state index contributed by atoms with van der Waals surface area (Å²) in [6.45, 7) is 3.42. The summed E-state index contributed by atoms with van der Waals surface area (Å²) in [7, 11) is 0. The molecule has 1 aromatic rings. The number of carbonyl (C=O) groups excluding carboxylic acids is 1. The Morgan fingerprint density at radius 2 is 2.47 bits per heavy atom. The summed E-state index contributed by atoms with van der Waals surface area (Å²) in [5, 5.41) is 3.19. The van der Waals surface area contributed by atoms with Gasteiger partial charge in [0.25, 0.3) is 5.91 Å². The van der Waals surface area contributed by atoms with E-state index in [2.05, 4.69) is 10.3 Å². The van der Waals surface area contributed by atoms with Gasteiger partial charge in [0.05, 0.1) is 6.10 Å². The van der Waals surface area contributed by atoms with Gasteiger partial charge in [-0.2, -0.15) is 0 Å². The van der Waals surface area contributed by atoms with Crippen molar-refractivity contribution in [1.29, 1.82) is 0 Å². The summed E-state index contributed by atoms with van der Waals surface area (Å²) in [5.41, 5.74) is 0.351. The highest BCUT2D eigenvalue weighted by Crippen LogP contribution is 2.19. The molecule has 5 heteroatoms. The van der Waals surface area contributed by atoms with E-state index in [0.717, 1.165) is 13.0 Å². The molecule has 4 nitrogen and oxygen atoms in total. The molecular formula is C12H15ClN2O2. The van der Waals surface area contributed by atoms with Crippen molar-refractivity contribution in [2.24, 2.45) is 5.92 Å². The standard InChI is InChI=1S/C12H15ClN2O2/c1-8-9(5-6-17-8)7-14-12(16)10-3-2-4-11(13)15-10/h2-4,8-9H,5-7H2,1H3,(H,14,16). The number of nitrogens with one attached hydrogen (secondary N) is 1. The molecule has 2 rings (SSSR count). The van der Waals surface area contributed by atoms with Gasteiger partial charge in [-0.05, 0) is 25.5 Å². The van der Waals surface area contributed by atoms with Crippen LogP contribution in [0.3, 0.4) is 0 Å². The van der Waals surface area contributed by atoms with Gasteiger partial charge >= 0.3 is 0 Å². The summed E-state index contributed by atoms with van der Waals surface area (Å²) in [6, 6.07) is 5.01. The van der Waals surface area contributed by atoms with Gasteiger partial charge in [0.1, 0.15) is 10.8 Å². The Morgan fingerprint density at radius 3 is 3.12 bits per heavy atom. The van der Waals surface area contributed by atoms with Crippen LogP contribution in [-0.2, 0) is 4.74 Å². The molecule has 0 aliphatic carbocycles. The third-order valence-corrected chi connectivity index (χ3v) is 3.22. The number of carbonyl (C=O) groups is 1. The predicted octanol–water partition coefficient (Wildman–Crippen LogP) is 1.89. The fourth-order valence-electron chi connectivity index (χ4n) is 1.89. The molecule has 1 aliphatic heterocycles. The molecule has 0 bridgehead atoms. The van der Waals surface area contributed by atoms with Crippen molar-refractivity contribution in [3.05, 3.63) is 29.0 Å². The quantitative estimate of drug-likeness (QED) is 0.838. The first kappa shape index (κ1) is 12.3. The lowest BCUT2D eigenvalue weighted by Crippen LogP contribution is -2.32. The van der Waals surface area contributed by atoms with Gasteiger partial charge in [-0.15, -0.1) is 0 Å². The van der Waals surface area contributed by atoms with Crippen LogP contribution in [0.15, 0.2) is 18.2 Å². The molecule has 0 saturated carbocycles. The highest BCUT2D eigenvalue weighted by Gasteiger charge is 2.24. The fraction of sp³-hybridized carbons (Fsp3) is 0.500. The Morgan fingerprint density at radius 1 is 1.65 bits per heavy atom. The lowest BCUT2D eigenvalue weighted by Gasteiger charge is -2.14. The Labute approximate surface area is 105 Å². The van der Waals surface area contributed by atoms with Gasteiger partial charge < -0.3 is 10.1 Å². The van der Waals surface area contributed by atoms with Crippen LogP contribution in [0.25, 0.3) is 0 Å². The molecule has 92 valence electrons. The van der Waals surface area contributed by atoms with Crippen LogP contribution < -0.4 is 5.32 Å². The molecule has 1 N–H and O–H groups in total. The normalized spacial score (nSPS) is 23.6. The number of hydrogen-bond acceptors (Lipinski definition) is 3. The van der Waals surface area contributed by atoms with Crippen molar-refractivity contribution in [1.82, 2.24) is 10.3 Å². The van der Waals surface area contributed by atoms with Crippen molar-refractivity contribution in [3.8, 4) is 0 Å². The maximum atomic E-state index is 11.8. The molecule has 1 amide bonds. The minimum atomic E-state index is -0.188. The van der Waals surface area contributed by atoms with Crippen molar-refractivity contribution in [2.75, 3.05) is 13.2 Å². The lowest BCUT2D eigenvalue weighted by molar-refractivity contribution is 0.0903. The van der Waals surface area contributed by atoms with E-state index >= 15 is 0 Å². The maximum Gasteiger partial charge on any atom is 0.269 e. The predicted molar refractivity (Wildman–Crippen MR) is 65.1 cm³/mol. The van der Waals surface area contributed by atoms with Gasteiger partial charge in [-0.3, -0.25) is 4.79 Å². The zero-order valence-electron chi connectivity index (χ0n) is 9.65. The molecule has 17 heavy (non-hydrogen) atoms. The Balaban J connectivity index is 1.89. The smallest absolute Gasteiger partial charge is 0.269 e. The van der Waals surface area contributed by atoms with E-state index in [0.29, 0.717) is 23.3 Å². The van der Waals surface area contributed by atoms with Gasteiger partial charge in [0, 0.05) is 19.1 Å². The summed E-state index contributed by atoms with van der Waals surface area (Å²) >= 11 is 5.73. The molecule has 0 spiro atoms. The number of hydrogen-bond donors (Lipinski definition) is 1. The molecule has 0 radical (unpaired) electrons. The van der Waals surface area contributed by atoms with E-state index in [1.54, 1.807) is 18.2 Å². The van der Waals surface area contributed by atoms with Crippen molar-refractivity contribution in [2.45, 2.75) is 19.4 Å². The average Bonchev–Trinajstić information content (AvgIpc) is 2.72. The number of pyridine rings is 1. The molecule has 1 fully saturated rings. The number of amides is 1. The number of nitrogens with zero attached hydrogens (tertiary/aromatic N) is 1. The highest BCUT2D eigenvalue weighted by molar-refractivity contribution is 6.29. The second-order valence-electron chi connectivity index (χ2n) is 4.18. The van der Waals surface area contributed by atoms with E-state index in [1.807, 2.05) is 6.92 Å². The zero-order valence-corrected chi connectivity index (χ0v) is 10.4. The number of aromatic nitrogens is 1. The summed E-state index contributed by atoms with van der Waals surface area (Å²) in [5.74, 6) is 0.199. The van der Waals surface area contributed by atoms with Crippen LogP contribution in [0.2, 0.25) is 5.15 Å². The minimum absolute atomic E-state index is 0.188. The van der Waals surface area contributed by atoms with Gasteiger partial charge in [-0.1, -0.05) is 17.7 Å².